The number of nitrogens with two attached hydrogens (primary N) is 2. The molecule has 0 aromatic carbocycles. The van der Waals surface area contributed by atoms with Crippen molar-refractivity contribution in [2.75, 3.05) is 6.61 Å². The number of rotatable bonds is 6. The van der Waals surface area contributed by atoms with Crippen LogP contribution in [0.1, 0.15) is 40.0 Å². The Morgan fingerprint density at radius 1 is 1.50 bits per heavy atom. The maximum Gasteiger partial charge on any atom is 0.322 e. The second-order valence-corrected chi connectivity index (χ2v) is 4.24. The summed E-state index contributed by atoms with van der Waals surface area (Å²) in [6.45, 7) is 6.08. The number of carbonyl (C=O) groups is 1. The van der Waals surface area contributed by atoms with E-state index in [2.05, 4.69) is 0 Å². The second kappa shape index (κ2) is 5.98. The quantitative estimate of drug-likeness (QED) is 0.624. The summed E-state index contributed by atoms with van der Waals surface area (Å²) >= 11 is 0. The molecular formula is C10H22N2O2. The second-order valence-electron chi connectivity index (χ2n) is 4.24. The molecule has 0 rings (SSSR count). The molecule has 0 heterocycles. The molecule has 0 aliphatic heterocycles. The van der Waals surface area contributed by atoms with Gasteiger partial charge in [-0.15, -0.1) is 0 Å². The Morgan fingerprint density at radius 3 is 2.50 bits per heavy atom. The van der Waals surface area contributed by atoms with Crippen molar-refractivity contribution >= 4 is 5.97 Å². The molecule has 4 nitrogen and oxygen atoms in total. The van der Waals surface area contributed by atoms with Crippen LogP contribution in [0.15, 0.2) is 0 Å². The van der Waals surface area contributed by atoms with Crippen molar-refractivity contribution in [3.8, 4) is 0 Å². The summed E-state index contributed by atoms with van der Waals surface area (Å²) in [5.74, 6) is -0.317. The average molecular weight is 202 g/mol. The first kappa shape index (κ1) is 13.4. The highest BCUT2D eigenvalue weighted by Crippen LogP contribution is 2.10. The lowest BCUT2D eigenvalue weighted by Crippen LogP contribution is -2.35. The molecule has 0 saturated heterocycles. The van der Waals surface area contributed by atoms with E-state index in [0.717, 1.165) is 12.8 Å². The minimum Gasteiger partial charge on any atom is -0.465 e. The molecule has 0 aliphatic carbocycles. The molecule has 0 bridgehead atoms. The van der Waals surface area contributed by atoms with Crippen LogP contribution in [0.4, 0.5) is 0 Å². The Kier molecular flexibility index (Phi) is 5.72. The Balaban J connectivity index is 3.63. The summed E-state index contributed by atoms with van der Waals surface area (Å²) in [4.78, 5) is 11.1. The first-order valence-corrected chi connectivity index (χ1v) is 5.08. The van der Waals surface area contributed by atoms with Gasteiger partial charge < -0.3 is 16.2 Å². The lowest BCUT2D eigenvalue weighted by atomic mass is 9.97. The van der Waals surface area contributed by atoms with Crippen LogP contribution in [-0.2, 0) is 9.53 Å². The maximum absolute atomic E-state index is 11.1. The molecule has 0 spiro atoms. The molecule has 0 fully saturated rings. The third kappa shape index (κ3) is 6.86. The van der Waals surface area contributed by atoms with Crippen LogP contribution in [0.25, 0.3) is 0 Å². The van der Waals surface area contributed by atoms with Crippen molar-refractivity contribution in [3.05, 3.63) is 0 Å². The number of carbonyl (C=O) groups excluding carboxylic acids is 1. The summed E-state index contributed by atoms with van der Waals surface area (Å²) in [5, 5.41) is 0. The maximum atomic E-state index is 11.1. The van der Waals surface area contributed by atoms with Gasteiger partial charge in [-0.05, 0) is 40.0 Å². The number of hydrogen-bond acceptors (Lipinski definition) is 4. The highest BCUT2D eigenvalue weighted by molar-refractivity contribution is 5.75. The van der Waals surface area contributed by atoms with Gasteiger partial charge in [0.2, 0.25) is 0 Å². The minimum atomic E-state index is -0.503. The largest absolute Gasteiger partial charge is 0.465 e. The van der Waals surface area contributed by atoms with Gasteiger partial charge in [0.1, 0.15) is 6.04 Å². The number of hydrogen-bond donors (Lipinski definition) is 2. The standard InChI is InChI=1S/C10H22N2O2/c1-4-14-9(13)8(11)6-5-7-10(2,3)12/h8H,4-7,11-12H2,1-3H3/t8-/m0/s1. The predicted molar refractivity (Wildman–Crippen MR) is 56.7 cm³/mol. The molecule has 0 aromatic heterocycles. The lowest BCUT2D eigenvalue weighted by molar-refractivity contribution is -0.144. The fourth-order valence-electron chi connectivity index (χ4n) is 1.14. The molecule has 1 atom stereocenters. The van der Waals surface area contributed by atoms with Crippen LogP contribution in [0, 0.1) is 0 Å². The molecule has 0 unspecified atom stereocenters. The van der Waals surface area contributed by atoms with Gasteiger partial charge in [0.25, 0.3) is 0 Å². The topological polar surface area (TPSA) is 78.3 Å². The molecular weight excluding hydrogens is 180 g/mol. The third-order valence-electron chi connectivity index (χ3n) is 1.93. The van der Waals surface area contributed by atoms with Gasteiger partial charge in [0.15, 0.2) is 0 Å². The van der Waals surface area contributed by atoms with E-state index < -0.39 is 6.04 Å². The Morgan fingerprint density at radius 2 is 2.07 bits per heavy atom. The van der Waals surface area contributed by atoms with E-state index in [1.165, 1.54) is 0 Å². The normalized spacial score (nSPS) is 13.8. The molecule has 4 heteroatoms. The molecule has 0 aromatic rings. The third-order valence-corrected chi connectivity index (χ3v) is 1.93. The average Bonchev–Trinajstić information content (AvgIpc) is 2.02. The van der Waals surface area contributed by atoms with Gasteiger partial charge in [-0.3, -0.25) is 4.79 Å². The van der Waals surface area contributed by atoms with E-state index in [1.54, 1.807) is 6.92 Å². The zero-order chi connectivity index (χ0) is 11.2. The minimum absolute atomic E-state index is 0.186. The molecule has 14 heavy (non-hydrogen) atoms. The van der Waals surface area contributed by atoms with Crippen molar-refractivity contribution < 1.29 is 9.53 Å². The predicted octanol–water partition coefficient (Wildman–Crippen LogP) is 0.784. The molecule has 84 valence electrons. The summed E-state index contributed by atoms with van der Waals surface area (Å²) < 4.78 is 4.79. The van der Waals surface area contributed by atoms with Gasteiger partial charge >= 0.3 is 5.97 Å². The van der Waals surface area contributed by atoms with Crippen LogP contribution < -0.4 is 11.5 Å². The van der Waals surface area contributed by atoms with Gasteiger partial charge in [0.05, 0.1) is 6.61 Å². The van der Waals surface area contributed by atoms with Crippen LogP contribution in [0.5, 0.6) is 0 Å². The van der Waals surface area contributed by atoms with E-state index in [0.29, 0.717) is 13.0 Å². The Hall–Kier alpha value is -0.610. The Bertz CT molecular complexity index is 175. The SMILES string of the molecule is CCOC(=O)[C@@H](N)CCCC(C)(C)N. The molecule has 0 aliphatic rings. The van der Waals surface area contributed by atoms with Crippen molar-refractivity contribution in [2.45, 2.75) is 51.6 Å². The van der Waals surface area contributed by atoms with Gasteiger partial charge in [0, 0.05) is 5.54 Å². The highest BCUT2D eigenvalue weighted by atomic mass is 16.5. The fourth-order valence-corrected chi connectivity index (χ4v) is 1.14. The van der Waals surface area contributed by atoms with E-state index in [1.807, 2.05) is 13.8 Å². The summed E-state index contributed by atoms with van der Waals surface area (Å²) in [6, 6.07) is -0.503. The summed E-state index contributed by atoms with van der Waals surface area (Å²) in [7, 11) is 0. The Labute approximate surface area is 86.0 Å². The molecule has 0 saturated carbocycles. The van der Waals surface area contributed by atoms with E-state index in [9.17, 15) is 4.79 Å². The molecule has 4 N–H and O–H groups in total. The van der Waals surface area contributed by atoms with Crippen LogP contribution in [0.3, 0.4) is 0 Å². The number of ether oxygens (including phenoxy) is 1. The summed E-state index contributed by atoms with van der Waals surface area (Å²) in [5.41, 5.74) is 11.2. The van der Waals surface area contributed by atoms with Crippen molar-refractivity contribution in [3.63, 3.8) is 0 Å². The molecule has 0 amide bonds. The zero-order valence-electron chi connectivity index (χ0n) is 9.38. The van der Waals surface area contributed by atoms with E-state index in [-0.39, 0.29) is 11.5 Å². The summed E-state index contributed by atoms with van der Waals surface area (Å²) in [6.07, 6.45) is 2.35. The van der Waals surface area contributed by atoms with Crippen LogP contribution >= 0.6 is 0 Å². The lowest BCUT2D eigenvalue weighted by Gasteiger charge is -2.18. The van der Waals surface area contributed by atoms with Gasteiger partial charge in [-0.2, -0.15) is 0 Å². The van der Waals surface area contributed by atoms with Crippen LogP contribution in [0.2, 0.25) is 0 Å². The van der Waals surface area contributed by atoms with Crippen molar-refractivity contribution in [1.29, 1.82) is 0 Å². The molecule has 0 radical (unpaired) electrons. The van der Waals surface area contributed by atoms with Gasteiger partial charge in [-0.25, -0.2) is 0 Å². The zero-order valence-corrected chi connectivity index (χ0v) is 9.38. The number of esters is 1. The van der Waals surface area contributed by atoms with Crippen LogP contribution in [-0.4, -0.2) is 24.2 Å². The van der Waals surface area contributed by atoms with E-state index in [4.69, 9.17) is 16.2 Å². The van der Waals surface area contributed by atoms with Crippen molar-refractivity contribution in [2.24, 2.45) is 11.5 Å². The van der Waals surface area contributed by atoms with Crippen molar-refractivity contribution in [1.82, 2.24) is 0 Å². The first-order valence-electron chi connectivity index (χ1n) is 5.08. The fraction of sp³-hybridized carbons (Fsp3) is 0.900. The van der Waals surface area contributed by atoms with Gasteiger partial charge in [-0.1, -0.05) is 0 Å². The smallest absolute Gasteiger partial charge is 0.322 e. The first-order chi connectivity index (χ1) is 6.37. The monoisotopic (exact) mass is 202 g/mol. The van der Waals surface area contributed by atoms with E-state index >= 15 is 0 Å². The highest BCUT2D eigenvalue weighted by Gasteiger charge is 2.16.